The summed E-state index contributed by atoms with van der Waals surface area (Å²) in [6, 6.07) is 5.29. The Hall–Kier alpha value is -1.62. The minimum atomic E-state index is 0.456. The van der Waals surface area contributed by atoms with Crippen LogP contribution in [0, 0.1) is 5.92 Å². The SMILES string of the molecule is CC(C)Cn1nnnc1-c1cc(N)ccc1Cl. The summed E-state index contributed by atoms with van der Waals surface area (Å²) in [5, 5.41) is 12.2. The van der Waals surface area contributed by atoms with E-state index in [9.17, 15) is 0 Å². The molecule has 0 fully saturated rings. The highest BCUT2D eigenvalue weighted by Crippen LogP contribution is 2.27. The van der Waals surface area contributed by atoms with Gasteiger partial charge in [-0.25, -0.2) is 4.68 Å². The third-order valence-electron chi connectivity index (χ3n) is 2.30. The largest absolute Gasteiger partial charge is 0.399 e. The molecule has 6 heteroatoms. The van der Waals surface area contributed by atoms with Gasteiger partial charge in [0.15, 0.2) is 5.82 Å². The highest BCUT2D eigenvalue weighted by Gasteiger charge is 2.13. The molecule has 0 amide bonds. The molecule has 90 valence electrons. The van der Waals surface area contributed by atoms with Crippen LogP contribution in [0.3, 0.4) is 0 Å². The van der Waals surface area contributed by atoms with Crippen LogP contribution in [-0.4, -0.2) is 20.2 Å². The zero-order valence-corrected chi connectivity index (χ0v) is 10.5. The predicted molar refractivity (Wildman–Crippen MR) is 67.5 cm³/mol. The summed E-state index contributed by atoms with van der Waals surface area (Å²) in [7, 11) is 0. The third kappa shape index (κ3) is 2.55. The van der Waals surface area contributed by atoms with Crippen LogP contribution in [0.1, 0.15) is 13.8 Å². The van der Waals surface area contributed by atoms with Gasteiger partial charge in [0.25, 0.3) is 0 Å². The zero-order valence-electron chi connectivity index (χ0n) is 9.76. The van der Waals surface area contributed by atoms with E-state index < -0.39 is 0 Å². The first-order chi connectivity index (χ1) is 8.08. The summed E-state index contributed by atoms with van der Waals surface area (Å²) in [5.74, 6) is 1.10. The summed E-state index contributed by atoms with van der Waals surface area (Å²) < 4.78 is 1.74. The average molecular weight is 252 g/mol. The van der Waals surface area contributed by atoms with Crippen molar-refractivity contribution in [3.8, 4) is 11.4 Å². The maximum absolute atomic E-state index is 6.13. The van der Waals surface area contributed by atoms with Crippen molar-refractivity contribution in [2.45, 2.75) is 20.4 Å². The molecule has 0 unspecified atom stereocenters. The van der Waals surface area contributed by atoms with Crippen molar-refractivity contribution >= 4 is 17.3 Å². The molecule has 0 radical (unpaired) electrons. The molecule has 0 aliphatic heterocycles. The number of nitrogens with zero attached hydrogens (tertiary/aromatic N) is 4. The van der Waals surface area contributed by atoms with Crippen molar-refractivity contribution in [2.24, 2.45) is 5.92 Å². The molecule has 1 aromatic heterocycles. The topological polar surface area (TPSA) is 69.6 Å². The molecule has 0 saturated heterocycles. The Labute approximate surface area is 105 Å². The van der Waals surface area contributed by atoms with E-state index in [4.69, 9.17) is 17.3 Å². The van der Waals surface area contributed by atoms with E-state index in [0.717, 1.165) is 12.1 Å². The molecule has 2 N–H and O–H groups in total. The Bertz CT molecular complexity index is 520. The van der Waals surface area contributed by atoms with Gasteiger partial charge in [0.05, 0.1) is 5.02 Å². The quantitative estimate of drug-likeness (QED) is 0.850. The van der Waals surface area contributed by atoms with Crippen molar-refractivity contribution in [1.82, 2.24) is 20.2 Å². The standard InChI is InChI=1S/C11H14ClN5/c1-7(2)6-17-11(14-15-16-17)9-5-8(13)3-4-10(9)12/h3-5,7H,6,13H2,1-2H3. The first kappa shape index (κ1) is 11.9. The highest BCUT2D eigenvalue weighted by molar-refractivity contribution is 6.33. The number of rotatable bonds is 3. The number of nitrogen functional groups attached to an aromatic ring is 1. The molecule has 0 aliphatic carbocycles. The summed E-state index contributed by atoms with van der Waals surface area (Å²) in [6.07, 6.45) is 0. The molecule has 2 rings (SSSR count). The Kier molecular flexibility index (Phi) is 3.28. The number of hydrogen-bond acceptors (Lipinski definition) is 4. The van der Waals surface area contributed by atoms with E-state index in [1.165, 1.54) is 0 Å². The molecule has 1 heterocycles. The molecule has 2 aromatic rings. The Morgan fingerprint density at radius 3 is 2.88 bits per heavy atom. The third-order valence-corrected chi connectivity index (χ3v) is 2.63. The second-order valence-corrected chi connectivity index (χ2v) is 4.72. The molecule has 5 nitrogen and oxygen atoms in total. The Balaban J connectivity index is 2.45. The van der Waals surface area contributed by atoms with Crippen LogP contribution in [0.5, 0.6) is 0 Å². The van der Waals surface area contributed by atoms with E-state index in [1.807, 2.05) is 0 Å². The molecule has 1 aromatic carbocycles. The number of anilines is 1. The van der Waals surface area contributed by atoms with Gasteiger partial charge in [-0.3, -0.25) is 0 Å². The van der Waals surface area contributed by atoms with E-state index in [0.29, 0.717) is 22.5 Å². The normalized spacial score (nSPS) is 11.1. The number of aromatic nitrogens is 4. The van der Waals surface area contributed by atoms with Gasteiger partial charge in [0.2, 0.25) is 0 Å². The van der Waals surface area contributed by atoms with E-state index in [-0.39, 0.29) is 0 Å². The van der Waals surface area contributed by atoms with Gasteiger partial charge < -0.3 is 5.73 Å². The summed E-state index contributed by atoms with van der Waals surface area (Å²) in [5.41, 5.74) is 7.15. The van der Waals surface area contributed by atoms with Crippen molar-refractivity contribution < 1.29 is 0 Å². The number of halogens is 1. The van der Waals surface area contributed by atoms with Crippen molar-refractivity contribution in [1.29, 1.82) is 0 Å². The molecule has 0 bridgehead atoms. The number of hydrogen-bond donors (Lipinski definition) is 1. The molecular formula is C11H14ClN5. The van der Waals surface area contributed by atoms with Gasteiger partial charge >= 0.3 is 0 Å². The summed E-state index contributed by atoms with van der Waals surface area (Å²) >= 11 is 6.13. The maximum Gasteiger partial charge on any atom is 0.183 e. The molecule has 0 spiro atoms. The van der Waals surface area contributed by atoms with Crippen LogP contribution in [0.15, 0.2) is 18.2 Å². The molecule has 0 aliphatic rings. The lowest BCUT2D eigenvalue weighted by atomic mass is 10.1. The lowest BCUT2D eigenvalue weighted by Crippen LogP contribution is -2.08. The second-order valence-electron chi connectivity index (χ2n) is 4.32. The summed E-state index contributed by atoms with van der Waals surface area (Å²) in [6.45, 7) is 4.95. The minimum Gasteiger partial charge on any atom is -0.399 e. The fraction of sp³-hybridized carbons (Fsp3) is 0.364. The summed E-state index contributed by atoms with van der Waals surface area (Å²) in [4.78, 5) is 0. The average Bonchev–Trinajstić information content (AvgIpc) is 2.69. The zero-order chi connectivity index (χ0) is 12.4. The number of benzene rings is 1. The lowest BCUT2D eigenvalue weighted by Gasteiger charge is -2.08. The first-order valence-electron chi connectivity index (χ1n) is 5.39. The maximum atomic E-state index is 6.13. The van der Waals surface area contributed by atoms with Crippen LogP contribution >= 0.6 is 11.6 Å². The van der Waals surface area contributed by atoms with Crippen LogP contribution in [0.2, 0.25) is 5.02 Å². The Morgan fingerprint density at radius 1 is 1.41 bits per heavy atom. The minimum absolute atomic E-state index is 0.456. The van der Waals surface area contributed by atoms with Crippen molar-refractivity contribution in [2.75, 3.05) is 5.73 Å². The first-order valence-corrected chi connectivity index (χ1v) is 5.77. The molecule has 0 atom stereocenters. The van der Waals surface area contributed by atoms with Gasteiger partial charge in [-0.1, -0.05) is 25.4 Å². The van der Waals surface area contributed by atoms with E-state index in [2.05, 4.69) is 29.4 Å². The predicted octanol–water partition coefficient (Wildman–Crippen LogP) is 2.23. The smallest absolute Gasteiger partial charge is 0.183 e. The van der Waals surface area contributed by atoms with Gasteiger partial charge in [0.1, 0.15) is 0 Å². The van der Waals surface area contributed by atoms with E-state index in [1.54, 1.807) is 22.9 Å². The molecular weight excluding hydrogens is 238 g/mol. The van der Waals surface area contributed by atoms with Crippen molar-refractivity contribution in [3.05, 3.63) is 23.2 Å². The number of tetrazole rings is 1. The van der Waals surface area contributed by atoms with Gasteiger partial charge in [-0.15, -0.1) is 5.10 Å². The lowest BCUT2D eigenvalue weighted by molar-refractivity contribution is 0.475. The van der Waals surface area contributed by atoms with Gasteiger partial charge in [-0.05, 0) is 34.5 Å². The second kappa shape index (κ2) is 4.71. The van der Waals surface area contributed by atoms with Crippen LogP contribution in [0.25, 0.3) is 11.4 Å². The fourth-order valence-electron chi connectivity index (χ4n) is 1.58. The molecule has 17 heavy (non-hydrogen) atoms. The van der Waals surface area contributed by atoms with Crippen LogP contribution < -0.4 is 5.73 Å². The monoisotopic (exact) mass is 251 g/mol. The molecule has 0 saturated carbocycles. The number of nitrogens with two attached hydrogens (primary N) is 1. The van der Waals surface area contributed by atoms with Gasteiger partial charge in [0, 0.05) is 17.8 Å². The van der Waals surface area contributed by atoms with Crippen molar-refractivity contribution in [3.63, 3.8) is 0 Å². The van der Waals surface area contributed by atoms with Crippen LogP contribution in [0.4, 0.5) is 5.69 Å². The highest BCUT2D eigenvalue weighted by atomic mass is 35.5. The van der Waals surface area contributed by atoms with Gasteiger partial charge in [-0.2, -0.15) is 0 Å². The Morgan fingerprint density at radius 2 is 2.18 bits per heavy atom. The fourth-order valence-corrected chi connectivity index (χ4v) is 1.78. The van der Waals surface area contributed by atoms with Crippen LogP contribution in [-0.2, 0) is 6.54 Å². The van der Waals surface area contributed by atoms with E-state index >= 15 is 0 Å².